The molecule has 2 rings (SSSR count). The molecule has 1 atom stereocenters. The van der Waals surface area contributed by atoms with Gasteiger partial charge in [-0.2, -0.15) is 0 Å². The average Bonchev–Trinajstić information content (AvgIpc) is 2.43. The van der Waals surface area contributed by atoms with Crippen LogP contribution in [0.15, 0.2) is 53.6 Å². The minimum atomic E-state index is -0.672. The molecule has 0 N–H and O–H groups in total. The zero-order valence-corrected chi connectivity index (χ0v) is 11.5. The Hall–Kier alpha value is -2.25. The van der Waals surface area contributed by atoms with Gasteiger partial charge in [0.25, 0.3) is 0 Å². The van der Waals surface area contributed by atoms with Gasteiger partial charge in [-0.3, -0.25) is 0 Å². The first-order chi connectivity index (χ1) is 9.08. The van der Waals surface area contributed by atoms with E-state index in [1.165, 1.54) is 11.1 Å². The maximum atomic E-state index is 8.91. The molecular weight excluding hydrogens is 234 g/mol. The van der Waals surface area contributed by atoms with Crippen molar-refractivity contribution in [2.24, 2.45) is 5.11 Å². The maximum Gasteiger partial charge on any atom is 0.0959 e. The van der Waals surface area contributed by atoms with Gasteiger partial charge < -0.3 is 0 Å². The SMILES string of the molecule is Cc1ccc([C@@](C)(N=[N+]=[N-])c2ccccc2)cc1C. The van der Waals surface area contributed by atoms with Crippen molar-refractivity contribution < 1.29 is 0 Å². The molecule has 0 heterocycles. The highest BCUT2D eigenvalue weighted by atomic mass is 15.2. The molecule has 0 spiro atoms. The predicted molar refractivity (Wildman–Crippen MR) is 78.0 cm³/mol. The molecule has 19 heavy (non-hydrogen) atoms. The van der Waals surface area contributed by atoms with Gasteiger partial charge in [-0.05, 0) is 48.6 Å². The first-order valence-electron chi connectivity index (χ1n) is 6.27. The molecule has 0 aliphatic carbocycles. The van der Waals surface area contributed by atoms with E-state index in [1.54, 1.807) is 0 Å². The van der Waals surface area contributed by atoms with Gasteiger partial charge in [0.2, 0.25) is 0 Å². The Morgan fingerprint density at radius 3 is 2.21 bits per heavy atom. The number of hydrogen-bond acceptors (Lipinski definition) is 1. The third-order valence-electron chi connectivity index (χ3n) is 3.65. The van der Waals surface area contributed by atoms with Crippen LogP contribution in [-0.2, 0) is 5.54 Å². The summed E-state index contributed by atoms with van der Waals surface area (Å²) < 4.78 is 0. The summed E-state index contributed by atoms with van der Waals surface area (Å²) in [7, 11) is 0. The lowest BCUT2D eigenvalue weighted by molar-refractivity contribution is 0.597. The smallest absolute Gasteiger partial charge is 0.0781 e. The molecule has 0 unspecified atom stereocenters. The Morgan fingerprint density at radius 2 is 1.63 bits per heavy atom. The zero-order valence-electron chi connectivity index (χ0n) is 11.5. The highest BCUT2D eigenvalue weighted by Crippen LogP contribution is 2.34. The van der Waals surface area contributed by atoms with Gasteiger partial charge in [0.15, 0.2) is 0 Å². The van der Waals surface area contributed by atoms with E-state index in [1.807, 2.05) is 43.3 Å². The second-order valence-corrected chi connectivity index (χ2v) is 4.93. The highest BCUT2D eigenvalue weighted by Gasteiger charge is 2.27. The number of aryl methyl sites for hydroxylation is 2. The fourth-order valence-corrected chi connectivity index (χ4v) is 2.18. The summed E-state index contributed by atoms with van der Waals surface area (Å²) in [5.41, 5.74) is 12.7. The molecule has 0 fully saturated rings. The van der Waals surface area contributed by atoms with E-state index in [0.717, 1.165) is 11.1 Å². The van der Waals surface area contributed by atoms with E-state index in [4.69, 9.17) is 5.53 Å². The molecular formula is C16H17N3. The van der Waals surface area contributed by atoms with E-state index in [9.17, 15) is 0 Å². The fraction of sp³-hybridized carbons (Fsp3) is 0.250. The lowest BCUT2D eigenvalue weighted by Crippen LogP contribution is -2.20. The van der Waals surface area contributed by atoms with Crippen molar-refractivity contribution in [3.05, 3.63) is 81.2 Å². The first kappa shape index (κ1) is 13.2. The molecule has 0 radical (unpaired) electrons. The first-order valence-corrected chi connectivity index (χ1v) is 6.27. The lowest BCUT2D eigenvalue weighted by atomic mass is 9.84. The number of nitrogens with zero attached hydrogens (tertiary/aromatic N) is 3. The van der Waals surface area contributed by atoms with Gasteiger partial charge in [0, 0.05) is 4.91 Å². The predicted octanol–water partition coefficient (Wildman–Crippen LogP) is 4.88. The van der Waals surface area contributed by atoms with Gasteiger partial charge in [-0.15, -0.1) is 0 Å². The molecule has 3 heteroatoms. The summed E-state index contributed by atoms with van der Waals surface area (Å²) in [6, 6.07) is 16.1. The molecule has 0 bridgehead atoms. The molecule has 0 amide bonds. The Bertz CT molecular complexity index is 628. The molecule has 96 valence electrons. The molecule has 3 nitrogen and oxygen atoms in total. The van der Waals surface area contributed by atoms with Crippen molar-refractivity contribution in [2.45, 2.75) is 26.3 Å². The van der Waals surface area contributed by atoms with Crippen LogP contribution < -0.4 is 0 Å². The molecule has 0 aliphatic heterocycles. The Morgan fingerprint density at radius 1 is 0.947 bits per heavy atom. The number of benzene rings is 2. The van der Waals surface area contributed by atoms with Crippen molar-refractivity contribution in [1.29, 1.82) is 0 Å². The third-order valence-corrected chi connectivity index (χ3v) is 3.65. The Kier molecular flexibility index (Phi) is 3.59. The molecule has 0 aliphatic rings. The van der Waals surface area contributed by atoms with Crippen molar-refractivity contribution in [3.63, 3.8) is 0 Å². The summed E-state index contributed by atoms with van der Waals surface area (Å²) in [6.07, 6.45) is 0. The van der Waals surface area contributed by atoms with E-state index in [2.05, 4.69) is 36.0 Å². The Balaban J connectivity index is 2.63. The van der Waals surface area contributed by atoms with Gasteiger partial charge in [-0.25, -0.2) is 0 Å². The van der Waals surface area contributed by atoms with Crippen LogP contribution in [0.3, 0.4) is 0 Å². The van der Waals surface area contributed by atoms with Gasteiger partial charge in [-0.1, -0.05) is 53.6 Å². The van der Waals surface area contributed by atoms with Crippen LogP contribution in [-0.4, -0.2) is 0 Å². The Labute approximate surface area is 113 Å². The van der Waals surface area contributed by atoms with Crippen molar-refractivity contribution in [3.8, 4) is 0 Å². The van der Waals surface area contributed by atoms with Crippen LogP contribution in [0.1, 0.15) is 29.2 Å². The third kappa shape index (κ3) is 2.47. The van der Waals surface area contributed by atoms with Crippen LogP contribution in [0.2, 0.25) is 0 Å². The van der Waals surface area contributed by atoms with E-state index >= 15 is 0 Å². The van der Waals surface area contributed by atoms with Gasteiger partial charge >= 0.3 is 0 Å². The van der Waals surface area contributed by atoms with E-state index < -0.39 is 5.54 Å². The molecule has 0 saturated heterocycles. The summed E-state index contributed by atoms with van der Waals surface area (Å²) in [6.45, 7) is 6.10. The normalized spacial score (nSPS) is 13.4. The molecule has 2 aromatic rings. The van der Waals surface area contributed by atoms with Crippen LogP contribution in [0.4, 0.5) is 0 Å². The summed E-state index contributed by atoms with van der Waals surface area (Å²) in [5.74, 6) is 0. The fourth-order valence-electron chi connectivity index (χ4n) is 2.18. The quantitative estimate of drug-likeness (QED) is 0.424. The average molecular weight is 251 g/mol. The number of hydrogen-bond donors (Lipinski definition) is 0. The molecule has 2 aromatic carbocycles. The van der Waals surface area contributed by atoms with Crippen LogP contribution in [0.5, 0.6) is 0 Å². The van der Waals surface area contributed by atoms with Crippen molar-refractivity contribution in [2.75, 3.05) is 0 Å². The minimum Gasteiger partial charge on any atom is -0.0781 e. The molecule has 0 saturated carbocycles. The molecule has 0 aromatic heterocycles. The van der Waals surface area contributed by atoms with Gasteiger partial charge in [0.1, 0.15) is 0 Å². The zero-order chi connectivity index (χ0) is 13.9. The second kappa shape index (κ2) is 5.17. The number of azide groups is 1. The van der Waals surface area contributed by atoms with Crippen LogP contribution in [0, 0.1) is 13.8 Å². The maximum absolute atomic E-state index is 8.91. The standard InChI is InChI=1S/C16H17N3/c1-12-9-10-15(11-13(12)2)16(3,18-19-17)14-7-5-4-6-8-14/h4-11H,1-3H3/t16-/m0/s1. The van der Waals surface area contributed by atoms with E-state index in [0.29, 0.717) is 0 Å². The van der Waals surface area contributed by atoms with Crippen LogP contribution >= 0.6 is 0 Å². The summed E-state index contributed by atoms with van der Waals surface area (Å²) in [4.78, 5) is 3.04. The highest BCUT2D eigenvalue weighted by molar-refractivity contribution is 5.41. The van der Waals surface area contributed by atoms with E-state index in [-0.39, 0.29) is 0 Å². The largest absolute Gasteiger partial charge is 0.0959 e. The summed E-state index contributed by atoms with van der Waals surface area (Å²) >= 11 is 0. The number of rotatable bonds is 3. The monoisotopic (exact) mass is 251 g/mol. The minimum absolute atomic E-state index is 0.672. The second-order valence-electron chi connectivity index (χ2n) is 4.93. The summed E-state index contributed by atoms with van der Waals surface area (Å²) in [5, 5.41) is 4.05. The van der Waals surface area contributed by atoms with Crippen molar-refractivity contribution >= 4 is 0 Å². The lowest BCUT2D eigenvalue weighted by Gasteiger charge is -2.26. The van der Waals surface area contributed by atoms with Gasteiger partial charge in [0.05, 0.1) is 5.54 Å². The topological polar surface area (TPSA) is 48.8 Å². The van der Waals surface area contributed by atoms with Crippen LogP contribution in [0.25, 0.3) is 10.4 Å². The van der Waals surface area contributed by atoms with Crippen molar-refractivity contribution in [1.82, 2.24) is 0 Å².